The SMILES string of the molecule is NC(Cc1cnc[nH]1)c1nc2cc(C(F)(F)F)ccc2o1. The van der Waals surface area contributed by atoms with Crippen LogP contribution in [-0.2, 0) is 12.6 Å². The van der Waals surface area contributed by atoms with E-state index < -0.39 is 17.8 Å². The summed E-state index contributed by atoms with van der Waals surface area (Å²) in [5.74, 6) is 0.193. The molecular weight excluding hydrogens is 285 g/mol. The summed E-state index contributed by atoms with van der Waals surface area (Å²) in [5.41, 5.74) is 6.39. The molecule has 2 aromatic heterocycles. The Balaban J connectivity index is 1.90. The third kappa shape index (κ3) is 2.75. The van der Waals surface area contributed by atoms with E-state index in [-0.39, 0.29) is 17.0 Å². The molecule has 1 aromatic carbocycles. The Morgan fingerprint density at radius 1 is 1.33 bits per heavy atom. The number of H-pyrrole nitrogens is 1. The van der Waals surface area contributed by atoms with E-state index in [1.165, 1.54) is 12.4 Å². The second-order valence-corrected chi connectivity index (χ2v) is 4.62. The zero-order valence-electron chi connectivity index (χ0n) is 10.7. The first-order valence-electron chi connectivity index (χ1n) is 6.14. The van der Waals surface area contributed by atoms with Crippen molar-refractivity contribution in [1.29, 1.82) is 0 Å². The summed E-state index contributed by atoms with van der Waals surface area (Å²) in [6, 6.07) is 2.59. The highest BCUT2D eigenvalue weighted by atomic mass is 19.4. The van der Waals surface area contributed by atoms with E-state index >= 15 is 0 Å². The molecule has 8 heteroatoms. The van der Waals surface area contributed by atoms with Gasteiger partial charge in [0.1, 0.15) is 5.52 Å². The van der Waals surface area contributed by atoms with Crippen molar-refractivity contribution >= 4 is 11.1 Å². The molecule has 3 N–H and O–H groups in total. The van der Waals surface area contributed by atoms with E-state index in [1.54, 1.807) is 6.20 Å². The Bertz CT molecular complexity index is 748. The number of imidazole rings is 1. The van der Waals surface area contributed by atoms with Crippen LogP contribution in [0, 0.1) is 0 Å². The van der Waals surface area contributed by atoms with Gasteiger partial charge in [-0.15, -0.1) is 0 Å². The van der Waals surface area contributed by atoms with Gasteiger partial charge in [0.15, 0.2) is 5.58 Å². The van der Waals surface area contributed by atoms with E-state index in [4.69, 9.17) is 10.2 Å². The van der Waals surface area contributed by atoms with Crippen LogP contribution in [0.2, 0.25) is 0 Å². The normalized spacial score (nSPS) is 13.7. The number of nitrogens with zero attached hydrogens (tertiary/aromatic N) is 2. The lowest BCUT2D eigenvalue weighted by Gasteiger charge is -2.04. The molecule has 0 aliphatic heterocycles. The summed E-state index contributed by atoms with van der Waals surface area (Å²) in [6.45, 7) is 0. The van der Waals surface area contributed by atoms with Crippen molar-refractivity contribution in [3.05, 3.63) is 47.9 Å². The van der Waals surface area contributed by atoms with Crippen LogP contribution in [0.15, 0.2) is 35.1 Å². The molecule has 1 atom stereocenters. The van der Waals surface area contributed by atoms with Gasteiger partial charge in [-0.2, -0.15) is 13.2 Å². The first-order chi connectivity index (χ1) is 9.93. The van der Waals surface area contributed by atoms with Crippen LogP contribution in [0.1, 0.15) is 23.2 Å². The van der Waals surface area contributed by atoms with E-state index in [0.717, 1.165) is 17.8 Å². The van der Waals surface area contributed by atoms with E-state index in [9.17, 15) is 13.2 Å². The Morgan fingerprint density at radius 2 is 2.14 bits per heavy atom. The van der Waals surface area contributed by atoms with Crippen LogP contribution in [0.5, 0.6) is 0 Å². The average molecular weight is 296 g/mol. The Hall–Kier alpha value is -2.35. The number of aromatic amines is 1. The Labute approximate surface area is 117 Å². The molecule has 0 spiro atoms. The maximum Gasteiger partial charge on any atom is 0.416 e. The second kappa shape index (κ2) is 4.88. The lowest BCUT2D eigenvalue weighted by Crippen LogP contribution is -2.13. The zero-order chi connectivity index (χ0) is 15.0. The summed E-state index contributed by atoms with van der Waals surface area (Å²) >= 11 is 0. The first kappa shape index (κ1) is 13.6. The van der Waals surface area contributed by atoms with Crippen LogP contribution in [0.4, 0.5) is 13.2 Å². The molecule has 21 heavy (non-hydrogen) atoms. The molecule has 0 aliphatic rings. The predicted octanol–water partition coefficient (Wildman–Crippen LogP) is 2.81. The molecule has 2 heterocycles. The smallest absolute Gasteiger partial charge is 0.416 e. The van der Waals surface area contributed by atoms with Crippen LogP contribution < -0.4 is 5.73 Å². The molecule has 0 fully saturated rings. The number of hydrogen-bond donors (Lipinski definition) is 2. The minimum atomic E-state index is -4.41. The third-order valence-corrected chi connectivity index (χ3v) is 3.04. The quantitative estimate of drug-likeness (QED) is 0.778. The summed E-state index contributed by atoms with van der Waals surface area (Å²) in [5, 5.41) is 0. The molecule has 5 nitrogen and oxygen atoms in total. The number of nitrogens with one attached hydrogen (secondary N) is 1. The largest absolute Gasteiger partial charge is 0.439 e. The number of alkyl halides is 3. The van der Waals surface area contributed by atoms with E-state index in [1.807, 2.05) is 0 Å². The van der Waals surface area contributed by atoms with Crippen molar-refractivity contribution in [2.24, 2.45) is 5.73 Å². The van der Waals surface area contributed by atoms with Gasteiger partial charge in [-0.1, -0.05) is 0 Å². The minimum absolute atomic E-state index is 0.139. The highest BCUT2D eigenvalue weighted by Crippen LogP contribution is 2.32. The van der Waals surface area contributed by atoms with Crippen LogP contribution in [0.25, 0.3) is 11.1 Å². The summed E-state index contributed by atoms with van der Waals surface area (Å²) in [6.07, 6.45) is -0.877. The van der Waals surface area contributed by atoms with Gasteiger partial charge in [0, 0.05) is 18.3 Å². The van der Waals surface area contributed by atoms with Crippen molar-refractivity contribution in [1.82, 2.24) is 15.0 Å². The maximum atomic E-state index is 12.6. The fourth-order valence-electron chi connectivity index (χ4n) is 2.00. The van der Waals surface area contributed by atoms with Crippen molar-refractivity contribution in [2.75, 3.05) is 0 Å². The molecule has 0 saturated heterocycles. The fourth-order valence-corrected chi connectivity index (χ4v) is 2.00. The number of benzene rings is 1. The molecule has 0 saturated carbocycles. The molecule has 3 rings (SSSR count). The molecule has 1 unspecified atom stereocenters. The molecule has 0 amide bonds. The predicted molar refractivity (Wildman–Crippen MR) is 68.2 cm³/mol. The molecular formula is C13H11F3N4O. The second-order valence-electron chi connectivity index (χ2n) is 4.62. The molecule has 0 aliphatic carbocycles. The highest BCUT2D eigenvalue weighted by Gasteiger charge is 2.31. The lowest BCUT2D eigenvalue weighted by atomic mass is 10.2. The third-order valence-electron chi connectivity index (χ3n) is 3.04. The first-order valence-corrected chi connectivity index (χ1v) is 6.14. The van der Waals surface area contributed by atoms with Crippen LogP contribution >= 0.6 is 0 Å². The van der Waals surface area contributed by atoms with Gasteiger partial charge < -0.3 is 15.1 Å². The van der Waals surface area contributed by atoms with Crippen LogP contribution in [0.3, 0.4) is 0 Å². The monoisotopic (exact) mass is 296 g/mol. The van der Waals surface area contributed by atoms with Gasteiger partial charge in [0.05, 0.1) is 17.9 Å². The number of rotatable bonds is 3. The summed E-state index contributed by atoms with van der Waals surface area (Å²) in [7, 11) is 0. The van der Waals surface area contributed by atoms with Gasteiger partial charge in [-0.05, 0) is 18.2 Å². The van der Waals surface area contributed by atoms with Gasteiger partial charge in [-0.3, -0.25) is 0 Å². The lowest BCUT2D eigenvalue weighted by molar-refractivity contribution is -0.137. The summed E-state index contributed by atoms with van der Waals surface area (Å²) < 4.78 is 43.3. The van der Waals surface area contributed by atoms with Crippen molar-refractivity contribution < 1.29 is 17.6 Å². The molecule has 0 bridgehead atoms. The number of nitrogens with two attached hydrogens (primary N) is 1. The maximum absolute atomic E-state index is 12.6. The number of hydrogen-bond acceptors (Lipinski definition) is 4. The number of aromatic nitrogens is 3. The topological polar surface area (TPSA) is 80.7 Å². The van der Waals surface area contributed by atoms with Crippen molar-refractivity contribution in [3.8, 4) is 0 Å². The van der Waals surface area contributed by atoms with Gasteiger partial charge in [0.2, 0.25) is 5.89 Å². The fraction of sp³-hybridized carbons (Fsp3) is 0.231. The molecule has 110 valence electrons. The van der Waals surface area contributed by atoms with Crippen molar-refractivity contribution in [3.63, 3.8) is 0 Å². The Morgan fingerprint density at radius 3 is 2.81 bits per heavy atom. The number of halogens is 3. The number of oxazole rings is 1. The van der Waals surface area contributed by atoms with Crippen molar-refractivity contribution in [2.45, 2.75) is 18.6 Å². The molecule has 0 radical (unpaired) electrons. The highest BCUT2D eigenvalue weighted by molar-refractivity contribution is 5.73. The van der Waals surface area contributed by atoms with E-state index in [2.05, 4.69) is 15.0 Å². The number of fused-ring (bicyclic) bond motifs is 1. The van der Waals surface area contributed by atoms with Gasteiger partial charge >= 0.3 is 6.18 Å². The zero-order valence-corrected chi connectivity index (χ0v) is 10.7. The molecule has 3 aromatic rings. The Kier molecular flexibility index (Phi) is 3.17. The van der Waals surface area contributed by atoms with Crippen LogP contribution in [-0.4, -0.2) is 15.0 Å². The van der Waals surface area contributed by atoms with Gasteiger partial charge in [0.25, 0.3) is 0 Å². The minimum Gasteiger partial charge on any atom is -0.439 e. The standard InChI is InChI=1S/C13H11F3N4O/c14-13(15,16)7-1-2-11-10(3-7)20-12(21-11)9(17)4-8-5-18-6-19-8/h1-3,5-6,9H,4,17H2,(H,18,19). The van der Waals surface area contributed by atoms with E-state index in [0.29, 0.717) is 6.42 Å². The summed E-state index contributed by atoms with van der Waals surface area (Å²) in [4.78, 5) is 10.8. The van der Waals surface area contributed by atoms with Gasteiger partial charge in [-0.25, -0.2) is 9.97 Å². The average Bonchev–Trinajstić information content (AvgIpc) is 3.04.